The molecular weight excluding hydrogens is 260 g/mol. The summed E-state index contributed by atoms with van der Waals surface area (Å²) in [5.74, 6) is 1.44. The van der Waals surface area contributed by atoms with Gasteiger partial charge in [0.15, 0.2) is 0 Å². The Bertz CT molecular complexity index is 531. The van der Waals surface area contributed by atoms with Crippen LogP contribution in [0, 0.1) is 0 Å². The molecule has 2 rings (SSSR count). The van der Waals surface area contributed by atoms with Crippen molar-refractivity contribution in [2.24, 2.45) is 0 Å². The van der Waals surface area contributed by atoms with Crippen LogP contribution in [-0.4, -0.2) is 11.5 Å². The van der Waals surface area contributed by atoms with Crippen LogP contribution < -0.4 is 10.1 Å². The number of halogens is 1. The Morgan fingerprint density at radius 3 is 2.84 bits per heavy atom. The Kier molecular flexibility index (Phi) is 5.19. The number of benzene rings is 1. The van der Waals surface area contributed by atoms with Gasteiger partial charge in [-0.2, -0.15) is 0 Å². The number of nitrogens with zero attached hydrogens (tertiary/aromatic N) is 1. The van der Waals surface area contributed by atoms with Crippen LogP contribution in [0.25, 0.3) is 0 Å². The van der Waals surface area contributed by atoms with Crippen LogP contribution in [0.5, 0.6) is 11.5 Å². The van der Waals surface area contributed by atoms with Crippen molar-refractivity contribution < 1.29 is 4.74 Å². The minimum atomic E-state index is 0.603. The summed E-state index contributed by atoms with van der Waals surface area (Å²) in [5.41, 5.74) is 1.02. The summed E-state index contributed by atoms with van der Waals surface area (Å²) in [6.07, 6.45) is 4.63. The highest BCUT2D eigenvalue weighted by Gasteiger charge is 2.06. The van der Waals surface area contributed by atoms with E-state index in [-0.39, 0.29) is 0 Å². The molecule has 4 heteroatoms. The molecule has 19 heavy (non-hydrogen) atoms. The molecule has 0 radical (unpaired) electrons. The van der Waals surface area contributed by atoms with Crippen LogP contribution >= 0.6 is 11.6 Å². The molecule has 0 aliphatic heterocycles. The Morgan fingerprint density at radius 2 is 2.05 bits per heavy atom. The summed E-state index contributed by atoms with van der Waals surface area (Å²) in [7, 11) is 0. The first-order chi connectivity index (χ1) is 9.31. The molecule has 0 atom stereocenters. The third-order valence-corrected chi connectivity index (χ3v) is 2.97. The van der Waals surface area contributed by atoms with Crippen molar-refractivity contribution in [3.05, 3.63) is 53.3 Å². The molecule has 0 fully saturated rings. The summed E-state index contributed by atoms with van der Waals surface area (Å²) in [4.78, 5) is 4.14. The Morgan fingerprint density at radius 1 is 1.21 bits per heavy atom. The van der Waals surface area contributed by atoms with Crippen LogP contribution in [0.3, 0.4) is 0 Å². The number of hydrogen-bond acceptors (Lipinski definition) is 3. The molecule has 0 spiro atoms. The molecule has 0 saturated heterocycles. The van der Waals surface area contributed by atoms with Gasteiger partial charge in [0.25, 0.3) is 0 Å². The number of nitrogens with one attached hydrogen (secondary N) is 1. The van der Waals surface area contributed by atoms with Crippen molar-refractivity contribution in [1.82, 2.24) is 10.3 Å². The normalized spacial score (nSPS) is 10.4. The van der Waals surface area contributed by atoms with Gasteiger partial charge in [0.05, 0.1) is 5.02 Å². The van der Waals surface area contributed by atoms with E-state index in [0.717, 1.165) is 30.8 Å². The molecule has 100 valence electrons. The van der Waals surface area contributed by atoms with E-state index in [1.54, 1.807) is 6.20 Å². The van der Waals surface area contributed by atoms with Crippen LogP contribution in [0.4, 0.5) is 0 Å². The monoisotopic (exact) mass is 276 g/mol. The van der Waals surface area contributed by atoms with E-state index < -0.39 is 0 Å². The fraction of sp³-hybridized carbons (Fsp3) is 0.267. The number of para-hydroxylation sites is 1. The van der Waals surface area contributed by atoms with Gasteiger partial charge >= 0.3 is 0 Å². The van der Waals surface area contributed by atoms with Gasteiger partial charge in [-0.3, -0.25) is 4.98 Å². The fourth-order valence-electron chi connectivity index (χ4n) is 1.69. The van der Waals surface area contributed by atoms with Gasteiger partial charge < -0.3 is 10.1 Å². The lowest BCUT2D eigenvalue weighted by molar-refractivity contribution is 0.472. The topological polar surface area (TPSA) is 34.2 Å². The maximum Gasteiger partial charge on any atom is 0.146 e. The molecule has 0 aliphatic rings. The predicted octanol–water partition coefficient (Wildman–Crippen LogP) is 4.03. The van der Waals surface area contributed by atoms with Crippen molar-refractivity contribution in [3.8, 4) is 11.5 Å². The highest BCUT2D eigenvalue weighted by Crippen LogP contribution is 2.30. The second-order valence-corrected chi connectivity index (χ2v) is 4.60. The highest BCUT2D eigenvalue weighted by molar-refractivity contribution is 6.32. The van der Waals surface area contributed by atoms with Gasteiger partial charge in [0.2, 0.25) is 0 Å². The molecule has 0 saturated carbocycles. The zero-order valence-corrected chi connectivity index (χ0v) is 11.7. The van der Waals surface area contributed by atoms with Crippen molar-refractivity contribution in [2.45, 2.75) is 19.9 Å². The molecule has 0 aliphatic carbocycles. The van der Waals surface area contributed by atoms with Crippen molar-refractivity contribution in [2.75, 3.05) is 6.54 Å². The summed E-state index contributed by atoms with van der Waals surface area (Å²) in [6.45, 7) is 3.85. The van der Waals surface area contributed by atoms with Gasteiger partial charge in [-0.15, -0.1) is 0 Å². The van der Waals surface area contributed by atoms with E-state index in [9.17, 15) is 0 Å². The van der Waals surface area contributed by atoms with E-state index in [1.807, 2.05) is 36.5 Å². The molecule has 1 N–H and O–H groups in total. The molecule has 2 aromatic rings. The second kappa shape index (κ2) is 7.12. The third kappa shape index (κ3) is 3.94. The Hall–Kier alpha value is -1.58. The first-order valence-electron chi connectivity index (χ1n) is 6.37. The molecule has 3 nitrogen and oxygen atoms in total. The van der Waals surface area contributed by atoms with E-state index in [1.165, 1.54) is 0 Å². The standard InChI is InChI=1S/C15H17ClN2O/c1-2-8-17-10-12-11-18-9-7-14(12)19-15-6-4-3-5-13(15)16/h3-7,9,11,17H,2,8,10H2,1H3. The van der Waals surface area contributed by atoms with Crippen molar-refractivity contribution in [1.29, 1.82) is 0 Å². The zero-order chi connectivity index (χ0) is 13.5. The first kappa shape index (κ1) is 13.8. The SMILES string of the molecule is CCCNCc1cnccc1Oc1ccccc1Cl. The lowest BCUT2D eigenvalue weighted by Gasteiger charge is -2.12. The van der Waals surface area contributed by atoms with Gasteiger partial charge in [0.1, 0.15) is 11.5 Å². The largest absolute Gasteiger partial charge is 0.455 e. The Balaban J connectivity index is 2.13. The van der Waals surface area contributed by atoms with Crippen molar-refractivity contribution in [3.63, 3.8) is 0 Å². The van der Waals surface area contributed by atoms with Gasteiger partial charge in [0, 0.05) is 24.5 Å². The third-order valence-electron chi connectivity index (χ3n) is 2.66. The van der Waals surface area contributed by atoms with Gasteiger partial charge in [-0.1, -0.05) is 30.7 Å². The summed E-state index contributed by atoms with van der Waals surface area (Å²) in [5, 5.41) is 3.94. The number of pyridine rings is 1. The summed E-state index contributed by atoms with van der Waals surface area (Å²) >= 11 is 6.10. The van der Waals surface area contributed by atoms with Crippen LogP contribution in [0.15, 0.2) is 42.7 Å². The second-order valence-electron chi connectivity index (χ2n) is 4.19. The van der Waals surface area contributed by atoms with E-state index in [0.29, 0.717) is 10.8 Å². The number of ether oxygens (including phenoxy) is 1. The molecular formula is C15H17ClN2O. The lowest BCUT2D eigenvalue weighted by atomic mass is 10.2. The minimum absolute atomic E-state index is 0.603. The van der Waals surface area contributed by atoms with Crippen LogP contribution in [0.2, 0.25) is 5.02 Å². The van der Waals surface area contributed by atoms with Gasteiger partial charge in [-0.25, -0.2) is 0 Å². The molecule has 1 heterocycles. The number of aromatic nitrogens is 1. The summed E-state index contributed by atoms with van der Waals surface area (Å²) in [6, 6.07) is 9.30. The van der Waals surface area contributed by atoms with Crippen molar-refractivity contribution >= 4 is 11.6 Å². The van der Waals surface area contributed by atoms with Crippen LogP contribution in [0.1, 0.15) is 18.9 Å². The molecule has 1 aromatic heterocycles. The lowest BCUT2D eigenvalue weighted by Crippen LogP contribution is -2.14. The molecule has 0 amide bonds. The number of rotatable bonds is 6. The molecule has 0 unspecified atom stereocenters. The maximum absolute atomic E-state index is 6.10. The first-order valence-corrected chi connectivity index (χ1v) is 6.75. The number of hydrogen-bond donors (Lipinski definition) is 1. The smallest absolute Gasteiger partial charge is 0.146 e. The quantitative estimate of drug-likeness (QED) is 0.809. The zero-order valence-electron chi connectivity index (χ0n) is 10.9. The van der Waals surface area contributed by atoms with Crippen LogP contribution in [-0.2, 0) is 6.54 Å². The minimum Gasteiger partial charge on any atom is -0.455 e. The van der Waals surface area contributed by atoms with E-state index >= 15 is 0 Å². The maximum atomic E-state index is 6.10. The highest BCUT2D eigenvalue weighted by atomic mass is 35.5. The molecule has 1 aromatic carbocycles. The average Bonchev–Trinajstić information content (AvgIpc) is 2.43. The van der Waals surface area contributed by atoms with E-state index in [4.69, 9.17) is 16.3 Å². The Labute approximate surface area is 118 Å². The summed E-state index contributed by atoms with van der Waals surface area (Å²) < 4.78 is 5.86. The average molecular weight is 277 g/mol. The predicted molar refractivity (Wildman–Crippen MR) is 77.8 cm³/mol. The van der Waals surface area contributed by atoms with E-state index in [2.05, 4.69) is 17.2 Å². The molecule has 0 bridgehead atoms. The van der Waals surface area contributed by atoms with Gasteiger partial charge in [-0.05, 0) is 31.2 Å². The fourth-order valence-corrected chi connectivity index (χ4v) is 1.87.